The second kappa shape index (κ2) is 9.17. The Morgan fingerprint density at radius 2 is 2.06 bits per heavy atom. The fraction of sp³-hybridized carbons (Fsp3) is 0.522. The van der Waals surface area contributed by atoms with Crippen LogP contribution < -0.4 is 15.0 Å². The molecule has 0 bridgehead atoms. The molecule has 9 nitrogen and oxygen atoms in total. The first kappa shape index (κ1) is 23.3. The number of carbonyl (C=O) groups excluding carboxylic acids is 2. The zero-order chi connectivity index (χ0) is 23.8. The highest BCUT2D eigenvalue weighted by Crippen LogP contribution is 2.43. The smallest absolute Gasteiger partial charge is 0.224 e. The van der Waals surface area contributed by atoms with Crippen molar-refractivity contribution in [3.05, 3.63) is 30.1 Å². The first-order chi connectivity index (χ1) is 15.6. The highest BCUT2D eigenvalue weighted by molar-refractivity contribution is 7.90. The largest absolute Gasteiger partial charge is 0.490 e. The van der Waals surface area contributed by atoms with Crippen molar-refractivity contribution < 1.29 is 22.7 Å². The van der Waals surface area contributed by atoms with Crippen molar-refractivity contribution in [2.45, 2.75) is 58.2 Å². The number of aryl methyl sites for hydroxylation is 1. The van der Waals surface area contributed by atoms with Crippen molar-refractivity contribution in [2.24, 2.45) is 0 Å². The van der Waals surface area contributed by atoms with Gasteiger partial charge in [-0.25, -0.2) is 8.42 Å². The predicted octanol–water partition coefficient (Wildman–Crippen LogP) is 1.94. The molecule has 2 aliphatic heterocycles. The van der Waals surface area contributed by atoms with Gasteiger partial charge in [0, 0.05) is 48.5 Å². The molecule has 0 saturated carbocycles. The van der Waals surface area contributed by atoms with Crippen molar-refractivity contribution in [1.29, 1.82) is 0 Å². The summed E-state index contributed by atoms with van der Waals surface area (Å²) in [6, 6.07) is 3.92. The third-order valence-electron chi connectivity index (χ3n) is 6.24. The number of benzene rings is 1. The van der Waals surface area contributed by atoms with Gasteiger partial charge in [-0.3, -0.25) is 14.3 Å². The van der Waals surface area contributed by atoms with Crippen molar-refractivity contribution in [1.82, 2.24) is 15.1 Å². The van der Waals surface area contributed by atoms with Gasteiger partial charge in [-0.2, -0.15) is 5.10 Å². The van der Waals surface area contributed by atoms with Crippen LogP contribution in [0.15, 0.2) is 24.5 Å². The molecule has 0 spiro atoms. The number of carbonyl (C=O) groups is 2. The topological polar surface area (TPSA) is 111 Å². The first-order valence-electron chi connectivity index (χ1n) is 11.2. The van der Waals surface area contributed by atoms with Gasteiger partial charge in [-0.1, -0.05) is 0 Å². The zero-order valence-electron chi connectivity index (χ0n) is 19.2. The fourth-order valence-corrected chi connectivity index (χ4v) is 5.07. The number of rotatable bonds is 7. The number of fused-ring (bicyclic) bond motifs is 1. The maximum atomic E-state index is 12.4. The van der Waals surface area contributed by atoms with E-state index in [1.54, 1.807) is 17.8 Å². The summed E-state index contributed by atoms with van der Waals surface area (Å²) >= 11 is 0. The Hall–Kier alpha value is -2.88. The van der Waals surface area contributed by atoms with Gasteiger partial charge in [-0.15, -0.1) is 0 Å². The predicted molar refractivity (Wildman–Crippen MR) is 125 cm³/mol. The minimum absolute atomic E-state index is 0.00844. The minimum atomic E-state index is -3.10. The van der Waals surface area contributed by atoms with Crippen LogP contribution in [-0.2, 0) is 32.4 Å². The third-order valence-corrected chi connectivity index (χ3v) is 7.16. The lowest BCUT2D eigenvalue weighted by Crippen LogP contribution is -2.41. The molecule has 178 valence electrons. The van der Waals surface area contributed by atoms with Crippen LogP contribution >= 0.6 is 0 Å². The van der Waals surface area contributed by atoms with Crippen molar-refractivity contribution in [3.63, 3.8) is 0 Å². The van der Waals surface area contributed by atoms with Crippen LogP contribution in [0.2, 0.25) is 0 Å². The summed E-state index contributed by atoms with van der Waals surface area (Å²) in [5.74, 6) is 0.713. The number of nitrogens with one attached hydrogen (secondary N) is 1. The van der Waals surface area contributed by atoms with E-state index in [0.29, 0.717) is 18.8 Å². The molecule has 33 heavy (non-hydrogen) atoms. The van der Waals surface area contributed by atoms with Gasteiger partial charge in [-0.05, 0) is 38.3 Å². The van der Waals surface area contributed by atoms with Crippen molar-refractivity contribution in [3.8, 4) is 16.9 Å². The van der Waals surface area contributed by atoms with Gasteiger partial charge >= 0.3 is 0 Å². The van der Waals surface area contributed by atoms with E-state index >= 15 is 0 Å². The molecule has 2 atom stereocenters. The Bertz CT molecular complexity index is 1170. The quantitative estimate of drug-likeness (QED) is 0.657. The van der Waals surface area contributed by atoms with Crippen LogP contribution in [0, 0.1) is 0 Å². The van der Waals surface area contributed by atoms with Crippen molar-refractivity contribution >= 4 is 27.3 Å². The Labute approximate surface area is 194 Å². The lowest BCUT2D eigenvalue weighted by Gasteiger charge is -2.36. The summed E-state index contributed by atoms with van der Waals surface area (Å²) in [6.45, 7) is 4.22. The van der Waals surface area contributed by atoms with Gasteiger partial charge in [0.2, 0.25) is 11.8 Å². The normalized spacial score (nSPS) is 20.5. The standard InChI is InChI=1S/C23H30N4O5S/c1-15-4-6-20-21(27(15)16(2)28)8-7-19(23(20)32-14-18-5-9-22(29)25-18)17-12-24-26(13-17)10-11-33(3,30)31/h7-8,12-13,15,18H,4-6,9-11,14H2,1-3H3,(H,25,29)/t15-,18+/m0/s1. The molecular formula is C23H30N4O5S. The molecule has 0 radical (unpaired) electrons. The number of anilines is 1. The summed E-state index contributed by atoms with van der Waals surface area (Å²) in [5.41, 5.74) is 3.46. The van der Waals surface area contributed by atoms with E-state index in [1.807, 2.05) is 30.2 Å². The Balaban J connectivity index is 1.69. The van der Waals surface area contributed by atoms with Gasteiger partial charge < -0.3 is 15.0 Å². The van der Waals surface area contributed by atoms with E-state index in [2.05, 4.69) is 10.4 Å². The lowest BCUT2D eigenvalue weighted by molar-refractivity contribution is -0.119. The molecule has 3 heterocycles. The molecule has 2 aliphatic rings. The van der Waals surface area contributed by atoms with Crippen LogP contribution in [0.4, 0.5) is 5.69 Å². The van der Waals surface area contributed by atoms with Crippen LogP contribution in [0.1, 0.15) is 38.7 Å². The summed E-state index contributed by atoms with van der Waals surface area (Å²) in [6.07, 6.45) is 7.52. The first-order valence-corrected chi connectivity index (χ1v) is 13.3. The molecular weight excluding hydrogens is 444 g/mol. The molecule has 0 unspecified atom stereocenters. The molecule has 1 aromatic heterocycles. The Morgan fingerprint density at radius 1 is 1.27 bits per heavy atom. The monoisotopic (exact) mass is 474 g/mol. The summed E-state index contributed by atoms with van der Waals surface area (Å²) in [7, 11) is -3.10. The van der Waals surface area contributed by atoms with E-state index in [-0.39, 0.29) is 36.2 Å². The number of amides is 2. The Kier molecular flexibility index (Phi) is 6.47. The average Bonchev–Trinajstić information content (AvgIpc) is 3.38. The van der Waals surface area contributed by atoms with Crippen LogP contribution in [0.5, 0.6) is 5.75 Å². The zero-order valence-corrected chi connectivity index (χ0v) is 20.0. The van der Waals surface area contributed by atoms with Crippen LogP contribution in [0.3, 0.4) is 0 Å². The second-order valence-electron chi connectivity index (χ2n) is 8.95. The third kappa shape index (κ3) is 5.21. The summed E-state index contributed by atoms with van der Waals surface area (Å²) in [4.78, 5) is 25.8. The molecule has 1 saturated heterocycles. The summed E-state index contributed by atoms with van der Waals surface area (Å²) in [5, 5.41) is 7.26. The number of sulfone groups is 1. The molecule has 0 aliphatic carbocycles. The van der Waals surface area contributed by atoms with E-state index < -0.39 is 9.84 Å². The summed E-state index contributed by atoms with van der Waals surface area (Å²) < 4.78 is 31.0. The van der Waals surface area contributed by atoms with Gasteiger partial charge in [0.15, 0.2) is 0 Å². The highest BCUT2D eigenvalue weighted by atomic mass is 32.2. The van der Waals surface area contributed by atoms with E-state index in [0.717, 1.165) is 41.6 Å². The van der Waals surface area contributed by atoms with Crippen LogP contribution in [-0.4, -0.2) is 60.7 Å². The van der Waals surface area contributed by atoms with E-state index in [9.17, 15) is 18.0 Å². The molecule has 2 amide bonds. The maximum Gasteiger partial charge on any atom is 0.224 e. The maximum absolute atomic E-state index is 12.4. The molecule has 10 heteroatoms. The van der Waals surface area contributed by atoms with E-state index in [1.165, 1.54) is 6.26 Å². The molecule has 2 aromatic rings. The number of ether oxygens (including phenoxy) is 1. The highest BCUT2D eigenvalue weighted by Gasteiger charge is 2.31. The van der Waals surface area contributed by atoms with Crippen LogP contribution in [0.25, 0.3) is 11.1 Å². The van der Waals surface area contributed by atoms with Gasteiger partial charge in [0.05, 0.1) is 30.2 Å². The molecule has 1 N–H and O–H groups in total. The van der Waals surface area contributed by atoms with E-state index in [4.69, 9.17) is 4.74 Å². The second-order valence-corrected chi connectivity index (χ2v) is 11.2. The molecule has 1 aromatic carbocycles. The number of hydrogen-bond donors (Lipinski definition) is 1. The van der Waals surface area contributed by atoms with Gasteiger partial charge in [0.1, 0.15) is 22.2 Å². The molecule has 4 rings (SSSR count). The SMILES string of the molecule is CC(=O)N1c2ccc(-c3cnn(CCS(C)(=O)=O)c3)c(OC[C@H]3CCC(=O)N3)c2CC[C@@H]1C. The van der Waals surface area contributed by atoms with Gasteiger partial charge in [0.25, 0.3) is 0 Å². The number of aromatic nitrogens is 2. The van der Waals surface area contributed by atoms with Crippen molar-refractivity contribution in [2.75, 3.05) is 23.5 Å². The number of nitrogens with zero attached hydrogens (tertiary/aromatic N) is 3. The molecule has 1 fully saturated rings. The minimum Gasteiger partial charge on any atom is -0.490 e. The fourth-order valence-electron chi connectivity index (χ4n) is 4.55. The Morgan fingerprint density at radius 3 is 2.73 bits per heavy atom. The lowest BCUT2D eigenvalue weighted by atomic mass is 9.92. The average molecular weight is 475 g/mol. The number of hydrogen-bond acceptors (Lipinski definition) is 6.